The molecule has 1 fully saturated rings. The summed E-state index contributed by atoms with van der Waals surface area (Å²) >= 11 is 0. The molecule has 1 heterocycles. The van der Waals surface area contributed by atoms with Crippen molar-refractivity contribution in [2.24, 2.45) is 10.4 Å². The van der Waals surface area contributed by atoms with Crippen molar-refractivity contribution in [1.29, 1.82) is 0 Å². The van der Waals surface area contributed by atoms with Crippen LogP contribution in [0.3, 0.4) is 0 Å². The highest BCUT2D eigenvalue weighted by atomic mass is 127. The SMILES string of the molecule is CN=C(NCCCNc1ccc(C(F)(F)F)cn1)NCC1(C(=O)N(C)C)CCCC1.I. The minimum atomic E-state index is -4.38. The Labute approximate surface area is 198 Å². The zero-order valence-electron chi connectivity index (χ0n) is 18.2. The van der Waals surface area contributed by atoms with Crippen molar-refractivity contribution in [3.05, 3.63) is 23.9 Å². The molecule has 0 aromatic carbocycles. The third kappa shape index (κ3) is 8.00. The van der Waals surface area contributed by atoms with Crippen LogP contribution in [0, 0.1) is 5.41 Å². The molecule has 1 aliphatic carbocycles. The molecule has 31 heavy (non-hydrogen) atoms. The van der Waals surface area contributed by atoms with E-state index in [9.17, 15) is 18.0 Å². The molecular formula is C20H32F3IN6O. The van der Waals surface area contributed by atoms with Crippen LogP contribution in [0.5, 0.6) is 0 Å². The van der Waals surface area contributed by atoms with Gasteiger partial charge in [-0.05, 0) is 31.4 Å². The molecule has 3 N–H and O–H groups in total. The van der Waals surface area contributed by atoms with Crippen LogP contribution in [0.2, 0.25) is 0 Å². The molecule has 0 aliphatic heterocycles. The minimum absolute atomic E-state index is 0. The Morgan fingerprint density at radius 2 is 1.87 bits per heavy atom. The van der Waals surface area contributed by atoms with Crippen molar-refractivity contribution in [3.63, 3.8) is 0 Å². The maximum Gasteiger partial charge on any atom is 0.417 e. The van der Waals surface area contributed by atoms with Gasteiger partial charge in [-0.25, -0.2) is 4.98 Å². The van der Waals surface area contributed by atoms with E-state index >= 15 is 0 Å². The predicted octanol–water partition coefficient (Wildman–Crippen LogP) is 3.33. The van der Waals surface area contributed by atoms with Gasteiger partial charge in [0.15, 0.2) is 5.96 Å². The number of nitrogens with one attached hydrogen (secondary N) is 3. The first kappa shape index (κ1) is 27.2. The van der Waals surface area contributed by atoms with E-state index in [-0.39, 0.29) is 35.3 Å². The molecule has 2 rings (SSSR count). The van der Waals surface area contributed by atoms with Gasteiger partial charge in [-0.1, -0.05) is 12.8 Å². The molecular weight excluding hydrogens is 524 g/mol. The fourth-order valence-corrected chi connectivity index (χ4v) is 3.64. The van der Waals surface area contributed by atoms with Crippen LogP contribution in [0.25, 0.3) is 0 Å². The quantitative estimate of drug-likeness (QED) is 0.198. The number of alkyl halides is 3. The van der Waals surface area contributed by atoms with Crippen LogP contribution in [-0.4, -0.2) is 62.5 Å². The largest absolute Gasteiger partial charge is 0.417 e. The summed E-state index contributed by atoms with van der Waals surface area (Å²) in [4.78, 5) is 22.3. The molecule has 1 aliphatic rings. The average Bonchev–Trinajstić information content (AvgIpc) is 3.19. The molecule has 7 nitrogen and oxygen atoms in total. The lowest BCUT2D eigenvalue weighted by molar-refractivity contribution is -0.139. The van der Waals surface area contributed by atoms with Crippen molar-refractivity contribution < 1.29 is 18.0 Å². The van der Waals surface area contributed by atoms with E-state index in [4.69, 9.17) is 0 Å². The third-order valence-electron chi connectivity index (χ3n) is 5.28. The van der Waals surface area contributed by atoms with Gasteiger partial charge in [0.25, 0.3) is 0 Å². The number of anilines is 1. The fraction of sp³-hybridized carbons (Fsp3) is 0.650. The Kier molecular flexibility index (Phi) is 10.8. The third-order valence-corrected chi connectivity index (χ3v) is 5.28. The number of pyridine rings is 1. The van der Waals surface area contributed by atoms with Crippen molar-refractivity contribution >= 4 is 41.7 Å². The number of aliphatic imine (C=N–C) groups is 1. The first-order valence-corrected chi connectivity index (χ1v) is 10.1. The van der Waals surface area contributed by atoms with Gasteiger partial charge in [-0.15, -0.1) is 24.0 Å². The molecule has 11 heteroatoms. The molecule has 0 unspecified atom stereocenters. The van der Waals surface area contributed by atoms with Gasteiger partial charge in [0, 0.05) is 47.0 Å². The van der Waals surface area contributed by atoms with Crippen LogP contribution in [0.15, 0.2) is 23.3 Å². The molecule has 1 amide bonds. The second-order valence-corrected chi connectivity index (χ2v) is 7.75. The molecule has 1 aromatic heterocycles. The van der Waals surface area contributed by atoms with Crippen molar-refractivity contribution in [2.75, 3.05) is 46.1 Å². The van der Waals surface area contributed by atoms with Crippen molar-refractivity contribution in [2.45, 2.75) is 38.3 Å². The Morgan fingerprint density at radius 1 is 1.19 bits per heavy atom. The molecule has 0 spiro atoms. The van der Waals surface area contributed by atoms with Crippen molar-refractivity contribution in [3.8, 4) is 0 Å². The lowest BCUT2D eigenvalue weighted by atomic mass is 9.84. The maximum atomic E-state index is 12.6. The van der Waals surface area contributed by atoms with Gasteiger partial charge in [-0.3, -0.25) is 9.79 Å². The number of halogens is 4. The normalized spacial score (nSPS) is 15.7. The van der Waals surface area contributed by atoms with Crippen LogP contribution < -0.4 is 16.0 Å². The second-order valence-electron chi connectivity index (χ2n) is 7.75. The van der Waals surface area contributed by atoms with E-state index in [0.717, 1.165) is 37.9 Å². The van der Waals surface area contributed by atoms with E-state index in [2.05, 4.69) is 25.9 Å². The van der Waals surface area contributed by atoms with Gasteiger partial charge in [0.1, 0.15) is 5.82 Å². The number of guanidine groups is 1. The van der Waals surface area contributed by atoms with Crippen LogP contribution in [-0.2, 0) is 11.0 Å². The lowest BCUT2D eigenvalue weighted by Gasteiger charge is -2.31. The highest BCUT2D eigenvalue weighted by Gasteiger charge is 2.42. The molecule has 1 aromatic rings. The zero-order valence-corrected chi connectivity index (χ0v) is 20.5. The highest BCUT2D eigenvalue weighted by Crippen LogP contribution is 2.38. The topological polar surface area (TPSA) is 81.6 Å². The van der Waals surface area contributed by atoms with Crippen molar-refractivity contribution in [1.82, 2.24) is 20.5 Å². The zero-order chi connectivity index (χ0) is 22.2. The van der Waals surface area contributed by atoms with E-state index in [1.54, 1.807) is 26.0 Å². The molecule has 0 bridgehead atoms. The smallest absolute Gasteiger partial charge is 0.370 e. The number of nitrogens with zero attached hydrogens (tertiary/aromatic N) is 3. The Morgan fingerprint density at radius 3 is 2.39 bits per heavy atom. The summed E-state index contributed by atoms with van der Waals surface area (Å²) in [6, 6.07) is 2.33. The number of aromatic nitrogens is 1. The summed E-state index contributed by atoms with van der Waals surface area (Å²) in [7, 11) is 5.25. The minimum Gasteiger partial charge on any atom is -0.370 e. The maximum absolute atomic E-state index is 12.6. The number of amides is 1. The first-order valence-electron chi connectivity index (χ1n) is 10.1. The summed E-state index contributed by atoms with van der Waals surface area (Å²) < 4.78 is 37.6. The number of carbonyl (C=O) groups is 1. The Hall–Kier alpha value is -1.79. The molecule has 0 radical (unpaired) electrons. The molecule has 0 saturated heterocycles. The standard InChI is InChI=1S/C20H31F3N6O.HI/c1-24-18(28-14-19(9-4-5-10-19)17(30)29(2)3)26-12-6-11-25-16-8-7-15(13-27-16)20(21,22)23;/h7-8,13H,4-6,9-12,14H2,1-3H3,(H,25,27)(H2,24,26,28);1H. The van der Waals surface area contributed by atoms with Crippen LogP contribution >= 0.6 is 24.0 Å². The van der Waals surface area contributed by atoms with Crippen LogP contribution in [0.1, 0.15) is 37.7 Å². The van der Waals surface area contributed by atoms with Gasteiger partial charge >= 0.3 is 6.18 Å². The lowest BCUT2D eigenvalue weighted by Crippen LogP contribution is -2.49. The van der Waals surface area contributed by atoms with Gasteiger partial charge in [0.05, 0.1) is 11.0 Å². The van der Waals surface area contributed by atoms with Gasteiger partial charge < -0.3 is 20.9 Å². The fourth-order valence-electron chi connectivity index (χ4n) is 3.64. The van der Waals surface area contributed by atoms with E-state index in [0.29, 0.717) is 37.8 Å². The predicted molar refractivity (Wildman–Crippen MR) is 127 cm³/mol. The highest BCUT2D eigenvalue weighted by molar-refractivity contribution is 14.0. The second kappa shape index (κ2) is 12.3. The average molecular weight is 556 g/mol. The van der Waals surface area contributed by atoms with Crippen LogP contribution in [0.4, 0.5) is 19.0 Å². The number of rotatable bonds is 8. The molecule has 176 valence electrons. The van der Waals surface area contributed by atoms with E-state index in [1.165, 1.54) is 6.07 Å². The summed E-state index contributed by atoms with van der Waals surface area (Å²) in [5.41, 5.74) is -1.14. The monoisotopic (exact) mass is 556 g/mol. The molecule has 1 saturated carbocycles. The summed E-state index contributed by atoms with van der Waals surface area (Å²) in [6.07, 6.45) is 1.00. The van der Waals surface area contributed by atoms with Gasteiger partial charge in [0.2, 0.25) is 5.91 Å². The Bertz CT molecular complexity index is 719. The summed E-state index contributed by atoms with van der Waals surface area (Å²) in [5, 5.41) is 9.46. The number of carbonyl (C=O) groups excluding carboxylic acids is 1. The summed E-state index contributed by atoms with van der Waals surface area (Å²) in [5.74, 6) is 1.17. The van der Waals surface area contributed by atoms with E-state index in [1.807, 2.05) is 0 Å². The summed E-state index contributed by atoms with van der Waals surface area (Å²) in [6.45, 7) is 1.70. The number of hydrogen-bond acceptors (Lipinski definition) is 4. The Balaban J connectivity index is 0.00000480. The molecule has 0 atom stereocenters. The van der Waals surface area contributed by atoms with Gasteiger partial charge in [-0.2, -0.15) is 13.2 Å². The van der Waals surface area contributed by atoms with E-state index < -0.39 is 11.7 Å². The number of hydrogen-bond donors (Lipinski definition) is 3. The first-order chi connectivity index (χ1) is 14.2.